The molecule has 1 aliphatic rings. The minimum Gasteiger partial charge on any atom is -0.494 e. The van der Waals surface area contributed by atoms with Crippen LogP contribution in [0, 0.1) is 0 Å². The van der Waals surface area contributed by atoms with Crippen molar-refractivity contribution in [3.8, 4) is 5.75 Å². The average Bonchev–Trinajstić information content (AvgIpc) is 3.09. The van der Waals surface area contributed by atoms with E-state index in [1.165, 1.54) is 19.3 Å². The van der Waals surface area contributed by atoms with Gasteiger partial charge in [0.05, 0.1) is 17.6 Å². The molecule has 1 heterocycles. The normalized spacial score (nSPS) is 14.9. The summed E-state index contributed by atoms with van der Waals surface area (Å²) in [6, 6.07) is 15.6. The Kier molecular flexibility index (Phi) is 5.60. The van der Waals surface area contributed by atoms with Crippen LogP contribution < -0.4 is 10.1 Å². The zero-order valence-electron chi connectivity index (χ0n) is 16.4. The van der Waals surface area contributed by atoms with Gasteiger partial charge in [-0.1, -0.05) is 31.4 Å². The molecule has 0 aliphatic heterocycles. The van der Waals surface area contributed by atoms with E-state index in [1.807, 2.05) is 49.4 Å². The van der Waals surface area contributed by atoms with Crippen LogP contribution in [0.5, 0.6) is 5.75 Å². The Morgan fingerprint density at radius 2 is 1.86 bits per heavy atom. The fourth-order valence-electron chi connectivity index (χ4n) is 4.08. The summed E-state index contributed by atoms with van der Waals surface area (Å²) in [6.45, 7) is 2.86. The maximum Gasteiger partial charge on any atom is 0.244 e. The molecule has 28 heavy (non-hydrogen) atoms. The number of aromatic nitrogens is 2. The number of fused-ring (bicyclic) bond motifs is 1. The average molecular weight is 377 g/mol. The summed E-state index contributed by atoms with van der Waals surface area (Å²) >= 11 is 0. The summed E-state index contributed by atoms with van der Waals surface area (Å²) in [6.07, 6.45) is 6.10. The molecular weight excluding hydrogens is 350 g/mol. The number of amides is 1. The fraction of sp³-hybridized carbons (Fsp3) is 0.391. The zero-order chi connectivity index (χ0) is 19.3. The third-order valence-corrected chi connectivity index (χ3v) is 5.41. The number of hydrogen-bond donors (Lipinski definition) is 1. The molecule has 1 aliphatic carbocycles. The lowest BCUT2D eigenvalue weighted by Crippen LogP contribution is -2.21. The molecule has 0 saturated heterocycles. The minimum absolute atomic E-state index is 0.0376. The van der Waals surface area contributed by atoms with Crippen molar-refractivity contribution in [3.05, 3.63) is 54.4 Å². The smallest absolute Gasteiger partial charge is 0.244 e. The Bertz CT molecular complexity index is 940. The second-order valence-electron chi connectivity index (χ2n) is 7.39. The predicted molar refractivity (Wildman–Crippen MR) is 112 cm³/mol. The molecule has 0 unspecified atom stereocenters. The van der Waals surface area contributed by atoms with Crippen LogP contribution in [0.2, 0.25) is 0 Å². The molecule has 1 saturated carbocycles. The van der Waals surface area contributed by atoms with E-state index in [1.54, 1.807) is 0 Å². The lowest BCUT2D eigenvalue weighted by atomic mass is 9.88. The topological polar surface area (TPSA) is 56.1 Å². The SMILES string of the molecule is CCOc1ccc(NC(=O)Cn2c(C3CCCCC3)nc3ccccc32)cc1. The summed E-state index contributed by atoms with van der Waals surface area (Å²) in [5.74, 6) is 2.27. The summed E-state index contributed by atoms with van der Waals surface area (Å²) in [7, 11) is 0. The monoisotopic (exact) mass is 377 g/mol. The number of nitrogens with zero attached hydrogens (tertiary/aromatic N) is 2. The second kappa shape index (κ2) is 8.46. The minimum atomic E-state index is -0.0376. The molecule has 1 fully saturated rings. The Morgan fingerprint density at radius 3 is 2.61 bits per heavy atom. The van der Waals surface area contributed by atoms with E-state index in [0.717, 1.165) is 41.1 Å². The maximum atomic E-state index is 12.8. The number of para-hydroxylation sites is 2. The summed E-state index contributed by atoms with van der Waals surface area (Å²) in [5, 5.41) is 3.00. The summed E-state index contributed by atoms with van der Waals surface area (Å²) in [4.78, 5) is 17.7. The molecule has 0 atom stereocenters. The first-order valence-corrected chi connectivity index (χ1v) is 10.2. The molecule has 0 spiro atoms. The Hall–Kier alpha value is -2.82. The number of carbonyl (C=O) groups is 1. The molecule has 146 valence electrons. The quantitative estimate of drug-likeness (QED) is 0.648. The fourth-order valence-corrected chi connectivity index (χ4v) is 4.08. The second-order valence-corrected chi connectivity index (χ2v) is 7.39. The van der Waals surface area contributed by atoms with Crippen LogP contribution in [0.4, 0.5) is 5.69 Å². The van der Waals surface area contributed by atoms with Crippen molar-refractivity contribution in [1.29, 1.82) is 0 Å². The third kappa shape index (κ3) is 4.03. The Balaban J connectivity index is 1.55. The van der Waals surface area contributed by atoms with E-state index in [0.29, 0.717) is 12.5 Å². The number of anilines is 1. The van der Waals surface area contributed by atoms with E-state index < -0.39 is 0 Å². The number of nitrogens with one attached hydrogen (secondary N) is 1. The Morgan fingerprint density at radius 1 is 1.11 bits per heavy atom. The van der Waals surface area contributed by atoms with Crippen molar-refractivity contribution >= 4 is 22.6 Å². The lowest BCUT2D eigenvalue weighted by molar-refractivity contribution is -0.116. The molecule has 1 aromatic heterocycles. The van der Waals surface area contributed by atoms with Crippen molar-refractivity contribution < 1.29 is 9.53 Å². The van der Waals surface area contributed by atoms with Crippen LogP contribution in [0.15, 0.2) is 48.5 Å². The zero-order valence-corrected chi connectivity index (χ0v) is 16.4. The van der Waals surface area contributed by atoms with Gasteiger partial charge >= 0.3 is 0 Å². The molecule has 5 heteroatoms. The number of ether oxygens (including phenoxy) is 1. The van der Waals surface area contributed by atoms with E-state index in [-0.39, 0.29) is 12.5 Å². The first kappa shape index (κ1) is 18.5. The van der Waals surface area contributed by atoms with Gasteiger partial charge in [-0.3, -0.25) is 4.79 Å². The molecule has 0 bridgehead atoms. The largest absolute Gasteiger partial charge is 0.494 e. The van der Waals surface area contributed by atoms with E-state index >= 15 is 0 Å². The highest BCUT2D eigenvalue weighted by atomic mass is 16.5. The first-order chi connectivity index (χ1) is 13.7. The standard InChI is InChI=1S/C23H27N3O2/c1-2-28-19-14-12-18(13-15-19)24-22(27)16-26-21-11-7-6-10-20(21)25-23(26)17-8-4-3-5-9-17/h6-7,10-15,17H,2-5,8-9,16H2,1H3,(H,24,27). The van der Waals surface area contributed by atoms with E-state index in [2.05, 4.69) is 16.0 Å². The van der Waals surface area contributed by atoms with Crippen LogP contribution in [-0.4, -0.2) is 22.1 Å². The third-order valence-electron chi connectivity index (χ3n) is 5.41. The van der Waals surface area contributed by atoms with Crippen molar-refractivity contribution in [2.75, 3.05) is 11.9 Å². The number of benzene rings is 2. The lowest BCUT2D eigenvalue weighted by Gasteiger charge is -2.22. The summed E-state index contributed by atoms with van der Waals surface area (Å²) in [5.41, 5.74) is 2.78. The number of carbonyl (C=O) groups excluding carboxylic acids is 1. The first-order valence-electron chi connectivity index (χ1n) is 10.2. The number of imidazole rings is 1. The van der Waals surface area contributed by atoms with Crippen LogP contribution in [0.25, 0.3) is 11.0 Å². The molecule has 0 radical (unpaired) electrons. The van der Waals surface area contributed by atoms with Crippen molar-refractivity contribution in [1.82, 2.24) is 9.55 Å². The van der Waals surface area contributed by atoms with Crippen molar-refractivity contribution in [2.24, 2.45) is 0 Å². The van der Waals surface area contributed by atoms with Crippen LogP contribution in [0.3, 0.4) is 0 Å². The van der Waals surface area contributed by atoms with Gasteiger partial charge in [-0.25, -0.2) is 4.98 Å². The van der Waals surface area contributed by atoms with Gasteiger partial charge in [0.15, 0.2) is 0 Å². The van der Waals surface area contributed by atoms with Gasteiger partial charge in [0.25, 0.3) is 0 Å². The molecule has 4 rings (SSSR count). The van der Waals surface area contributed by atoms with Crippen molar-refractivity contribution in [3.63, 3.8) is 0 Å². The number of hydrogen-bond acceptors (Lipinski definition) is 3. The predicted octanol–water partition coefficient (Wildman–Crippen LogP) is 5.12. The molecule has 3 aromatic rings. The molecule has 1 N–H and O–H groups in total. The highest BCUT2D eigenvalue weighted by Gasteiger charge is 2.23. The van der Waals surface area contributed by atoms with Gasteiger partial charge in [-0.15, -0.1) is 0 Å². The van der Waals surface area contributed by atoms with Crippen LogP contribution in [-0.2, 0) is 11.3 Å². The molecular formula is C23H27N3O2. The van der Waals surface area contributed by atoms with Crippen LogP contribution >= 0.6 is 0 Å². The Labute approximate surface area is 165 Å². The van der Waals surface area contributed by atoms with Gasteiger partial charge in [-0.05, 0) is 56.2 Å². The summed E-state index contributed by atoms with van der Waals surface area (Å²) < 4.78 is 7.56. The molecule has 5 nitrogen and oxygen atoms in total. The molecule has 1 amide bonds. The van der Waals surface area contributed by atoms with E-state index in [9.17, 15) is 4.79 Å². The van der Waals surface area contributed by atoms with Gasteiger partial charge in [0.1, 0.15) is 18.1 Å². The van der Waals surface area contributed by atoms with Gasteiger partial charge in [0.2, 0.25) is 5.91 Å². The van der Waals surface area contributed by atoms with Crippen LogP contribution in [0.1, 0.15) is 50.8 Å². The van der Waals surface area contributed by atoms with E-state index in [4.69, 9.17) is 9.72 Å². The highest BCUT2D eigenvalue weighted by molar-refractivity contribution is 5.91. The molecule has 2 aromatic carbocycles. The van der Waals surface area contributed by atoms with Gasteiger partial charge in [0, 0.05) is 11.6 Å². The van der Waals surface area contributed by atoms with Gasteiger partial charge in [-0.2, -0.15) is 0 Å². The van der Waals surface area contributed by atoms with Crippen molar-refractivity contribution in [2.45, 2.75) is 51.5 Å². The number of rotatable bonds is 6. The highest BCUT2D eigenvalue weighted by Crippen LogP contribution is 2.34. The van der Waals surface area contributed by atoms with Gasteiger partial charge < -0.3 is 14.6 Å². The maximum absolute atomic E-state index is 12.8.